The smallest absolute Gasteiger partial charge is 0.176 e. The summed E-state index contributed by atoms with van der Waals surface area (Å²) in [7, 11) is 0. The molecule has 0 aliphatic carbocycles. The fraction of sp³-hybridized carbons (Fsp3) is 0.467. The van der Waals surface area contributed by atoms with Gasteiger partial charge in [0.25, 0.3) is 0 Å². The van der Waals surface area contributed by atoms with E-state index in [1.165, 1.54) is 0 Å². The lowest BCUT2D eigenvalue weighted by Crippen LogP contribution is -2.59. The van der Waals surface area contributed by atoms with Gasteiger partial charge < -0.3 is 4.74 Å². The van der Waals surface area contributed by atoms with E-state index >= 15 is 0 Å². The van der Waals surface area contributed by atoms with Gasteiger partial charge in [0.05, 0.1) is 6.61 Å². The molecule has 0 spiro atoms. The Bertz CT molecular complexity index is 599. The molecule has 7 heteroatoms. The summed E-state index contributed by atoms with van der Waals surface area (Å²) < 4.78 is 5.64. The first-order valence-corrected chi connectivity index (χ1v) is 7.79. The van der Waals surface area contributed by atoms with Gasteiger partial charge in [0.1, 0.15) is 24.4 Å². The molecule has 7 nitrogen and oxygen atoms in total. The van der Waals surface area contributed by atoms with Crippen LogP contribution in [0.3, 0.4) is 0 Å². The second-order valence-corrected chi connectivity index (χ2v) is 5.64. The molecule has 1 aromatic rings. The number of fused-ring (bicyclic) bond motifs is 3. The molecule has 1 fully saturated rings. The SMILES string of the molecule is CCCOc1ccc(C2=NNC3CCC4NN=CN4N23)cc1. The molecule has 0 saturated carbocycles. The Morgan fingerprint density at radius 2 is 2.00 bits per heavy atom. The maximum absolute atomic E-state index is 5.64. The summed E-state index contributed by atoms with van der Waals surface area (Å²) in [6.07, 6.45) is 5.35. The maximum Gasteiger partial charge on any atom is 0.176 e. The maximum atomic E-state index is 5.64. The van der Waals surface area contributed by atoms with Gasteiger partial charge in [-0.05, 0) is 43.5 Å². The fourth-order valence-electron chi connectivity index (χ4n) is 3.00. The van der Waals surface area contributed by atoms with Gasteiger partial charge in [0.2, 0.25) is 0 Å². The molecule has 0 aromatic heterocycles. The number of rotatable bonds is 4. The Labute approximate surface area is 129 Å². The van der Waals surface area contributed by atoms with Crippen LogP contribution in [0.2, 0.25) is 0 Å². The van der Waals surface area contributed by atoms with Crippen molar-refractivity contribution in [1.29, 1.82) is 0 Å². The van der Waals surface area contributed by atoms with Crippen LogP contribution < -0.4 is 15.6 Å². The zero-order valence-electron chi connectivity index (χ0n) is 12.6. The standard InChI is InChI=1S/C15H20N6O/c1-2-9-22-12-5-3-11(4-6-12)15-19-18-14-8-7-13-17-16-10-20(13)21(14)15/h3-6,10,13-14,17-18H,2,7-9H2,1H3. The van der Waals surface area contributed by atoms with E-state index in [0.717, 1.165) is 43.0 Å². The Balaban J connectivity index is 1.55. The zero-order valence-corrected chi connectivity index (χ0v) is 12.6. The average molecular weight is 300 g/mol. The molecule has 0 radical (unpaired) electrons. The highest BCUT2D eigenvalue weighted by Gasteiger charge is 2.41. The van der Waals surface area contributed by atoms with Crippen LogP contribution in [0.1, 0.15) is 31.7 Å². The number of amidine groups is 1. The minimum atomic E-state index is 0.202. The highest BCUT2D eigenvalue weighted by Crippen LogP contribution is 2.28. The Morgan fingerprint density at radius 1 is 1.18 bits per heavy atom. The number of hydrogen-bond acceptors (Lipinski definition) is 7. The molecule has 4 rings (SSSR count). The summed E-state index contributed by atoms with van der Waals surface area (Å²) in [4.78, 5) is 0. The van der Waals surface area contributed by atoms with Crippen molar-refractivity contribution in [1.82, 2.24) is 20.9 Å². The van der Waals surface area contributed by atoms with Crippen LogP contribution in [0, 0.1) is 0 Å². The monoisotopic (exact) mass is 300 g/mol. The van der Waals surface area contributed by atoms with Crippen molar-refractivity contribution in [3.63, 3.8) is 0 Å². The number of hydrogen-bond donors (Lipinski definition) is 2. The zero-order chi connectivity index (χ0) is 14.9. The molecular formula is C15H20N6O. The van der Waals surface area contributed by atoms with Gasteiger partial charge in [-0.1, -0.05) is 6.92 Å². The topological polar surface area (TPSA) is 64.5 Å². The summed E-state index contributed by atoms with van der Waals surface area (Å²) in [6, 6.07) is 8.10. The van der Waals surface area contributed by atoms with Crippen LogP contribution in [-0.4, -0.2) is 41.1 Å². The lowest BCUT2D eigenvalue weighted by Gasteiger charge is -2.41. The molecule has 3 aliphatic heterocycles. The molecule has 1 saturated heterocycles. The van der Waals surface area contributed by atoms with Crippen LogP contribution in [-0.2, 0) is 0 Å². The number of nitrogens with one attached hydrogen (secondary N) is 2. The van der Waals surface area contributed by atoms with Gasteiger partial charge in [0.15, 0.2) is 5.84 Å². The third-order valence-electron chi connectivity index (χ3n) is 4.10. The van der Waals surface area contributed by atoms with Gasteiger partial charge in [-0.25, -0.2) is 10.0 Å². The number of benzene rings is 1. The Hall–Kier alpha value is -2.44. The lowest BCUT2D eigenvalue weighted by atomic mass is 10.1. The highest BCUT2D eigenvalue weighted by molar-refractivity contribution is 6.00. The van der Waals surface area contributed by atoms with E-state index in [4.69, 9.17) is 4.74 Å². The third-order valence-corrected chi connectivity index (χ3v) is 4.10. The van der Waals surface area contributed by atoms with Crippen LogP contribution in [0.25, 0.3) is 0 Å². The van der Waals surface area contributed by atoms with Gasteiger partial charge in [0, 0.05) is 5.56 Å². The van der Waals surface area contributed by atoms with Crippen molar-refractivity contribution in [2.45, 2.75) is 38.5 Å². The van der Waals surface area contributed by atoms with Gasteiger partial charge in [-0.3, -0.25) is 10.9 Å². The third kappa shape index (κ3) is 2.13. The number of nitrogens with zero attached hydrogens (tertiary/aromatic N) is 4. The van der Waals surface area contributed by atoms with Crippen molar-refractivity contribution >= 4 is 12.2 Å². The Morgan fingerprint density at radius 3 is 2.82 bits per heavy atom. The summed E-state index contributed by atoms with van der Waals surface area (Å²) in [5, 5.41) is 13.0. The van der Waals surface area contributed by atoms with E-state index in [9.17, 15) is 0 Å². The predicted octanol–water partition coefficient (Wildman–Crippen LogP) is 1.25. The number of hydrazine groups is 1. The molecule has 3 heterocycles. The molecule has 1 aromatic carbocycles. The van der Waals surface area contributed by atoms with Gasteiger partial charge in [-0.2, -0.15) is 10.2 Å². The summed E-state index contributed by atoms with van der Waals surface area (Å²) in [5.41, 5.74) is 7.42. The quantitative estimate of drug-likeness (QED) is 0.876. The second-order valence-electron chi connectivity index (χ2n) is 5.64. The molecule has 2 N–H and O–H groups in total. The summed E-state index contributed by atoms with van der Waals surface area (Å²) in [6.45, 7) is 2.85. The molecule has 0 amide bonds. The molecule has 116 valence electrons. The largest absolute Gasteiger partial charge is 0.494 e. The number of ether oxygens (including phenoxy) is 1. The van der Waals surface area contributed by atoms with E-state index in [2.05, 4.69) is 50.1 Å². The molecule has 2 unspecified atom stereocenters. The summed E-state index contributed by atoms with van der Waals surface area (Å²) >= 11 is 0. The molecule has 3 aliphatic rings. The molecular weight excluding hydrogens is 280 g/mol. The van der Waals surface area contributed by atoms with E-state index < -0.39 is 0 Å². The van der Waals surface area contributed by atoms with Crippen LogP contribution >= 0.6 is 0 Å². The van der Waals surface area contributed by atoms with Gasteiger partial charge in [-0.15, -0.1) is 0 Å². The minimum Gasteiger partial charge on any atom is -0.494 e. The second kappa shape index (κ2) is 5.40. The number of hydrazone groups is 2. The first kappa shape index (κ1) is 13.2. The van der Waals surface area contributed by atoms with Crippen molar-refractivity contribution < 1.29 is 4.74 Å². The predicted molar refractivity (Wildman–Crippen MR) is 84.0 cm³/mol. The van der Waals surface area contributed by atoms with Crippen LogP contribution in [0.4, 0.5) is 0 Å². The van der Waals surface area contributed by atoms with Crippen LogP contribution in [0.15, 0.2) is 34.5 Å². The molecule has 2 atom stereocenters. The van der Waals surface area contributed by atoms with E-state index in [1.54, 1.807) is 0 Å². The first-order valence-electron chi connectivity index (χ1n) is 7.79. The molecule has 0 bridgehead atoms. The van der Waals surface area contributed by atoms with E-state index in [1.807, 2.05) is 18.5 Å². The Kier molecular flexibility index (Phi) is 3.25. The fourth-order valence-corrected chi connectivity index (χ4v) is 3.00. The van der Waals surface area contributed by atoms with E-state index in [0.29, 0.717) is 0 Å². The average Bonchev–Trinajstić information content (AvgIpc) is 3.19. The van der Waals surface area contributed by atoms with Crippen molar-refractivity contribution in [2.24, 2.45) is 10.2 Å². The summed E-state index contributed by atoms with van der Waals surface area (Å²) in [5.74, 6) is 1.82. The molecule has 22 heavy (non-hydrogen) atoms. The van der Waals surface area contributed by atoms with Crippen molar-refractivity contribution in [2.75, 3.05) is 6.61 Å². The lowest BCUT2D eigenvalue weighted by molar-refractivity contribution is 0.000107. The van der Waals surface area contributed by atoms with Crippen molar-refractivity contribution in [3.05, 3.63) is 29.8 Å². The van der Waals surface area contributed by atoms with Crippen molar-refractivity contribution in [3.8, 4) is 5.75 Å². The highest BCUT2D eigenvalue weighted by atomic mass is 16.5. The van der Waals surface area contributed by atoms with E-state index in [-0.39, 0.29) is 12.3 Å². The van der Waals surface area contributed by atoms with Crippen LogP contribution in [0.5, 0.6) is 5.75 Å². The first-order chi connectivity index (χ1) is 10.9. The normalized spacial score (nSPS) is 25.2. The minimum absolute atomic E-state index is 0.202. The van der Waals surface area contributed by atoms with Gasteiger partial charge >= 0.3 is 0 Å².